The zero-order valence-electron chi connectivity index (χ0n) is 10.6. The number of nitrogens with one attached hydrogen (secondary N) is 1. The highest BCUT2D eigenvalue weighted by atomic mass is 35.5. The van der Waals surface area contributed by atoms with Gasteiger partial charge in [0.15, 0.2) is 0 Å². The molecule has 0 spiro atoms. The van der Waals surface area contributed by atoms with Crippen molar-refractivity contribution in [2.75, 3.05) is 5.32 Å². The molecule has 102 valence electrons. The number of benzene rings is 2. The normalized spacial score (nSPS) is 10.1. The van der Waals surface area contributed by atoms with Crippen molar-refractivity contribution in [1.82, 2.24) is 0 Å². The fraction of sp³-hybridized carbons (Fsp3) is 0.0714. The number of carbonyl (C=O) groups excluding carboxylic acids is 1. The smallest absolute Gasteiger partial charge is 0.270 e. The van der Waals surface area contributed by atoms with Gasteiger partial charge in [0, 0.05) is 28.4 Å². The first kappa shape index (κ1) is 14.0. The van der Waals surface area contributed by atoms with E-state index in [0.29, 0.717) is 10.7 Å². The Bertz CT molecular complexity index is 686. The number of hydrogen-bond acceptors (Lipinski definition) is 3. The van der Waals surface area contributed by atoms with Gasteiger partial charge in [0.1, 0.15) is 0 Å². The average Bonchev–Trinajstić information content (AvgIpc) is 2.42. The van der Waals surface area contributed by atoms with E-state index < -0.39 is 10.8 Å². The molecule has 0 aliphatic carbocycles. The van der Waals surface area contributed by atoms with Gasteiger partial charge in [-0.3, -0.25) is 14.9 Å². The molecular weight excluding hydrogens is 280 g/mol. The van der Waals surface area contributed by atoms with Crippen LogP contribution in [0.2, 0.25) is 5.02 Å². The minimum atomic E-state index is -0.537. The van der Waals surface area contributed by atoms with E-state index >= 15 is 0 Å². The summed E-state index contributed by atoms with van der Waals surface area (Å²) in [5.41, 5.74) is 1.54. The first-order chi connectivity index (χ1) is 9.47. The Morgan fingerprint density at radius 1 is 1.25 bits per heavy atom. The maximum atomic E-state index is 12.1. The van der Waals surface area contributed by atoms with Crippen LogP contribution in [0.15, 0.2) is 42.5 Å². The summed E-state index contributed by atoms with van der Waals surface area (Å²) >= 11 is 5.84. The van der Waals surface area contributed by atoms with Gasteiger partial charge in [-0.1, -0.05) is 17.7 Å². The number of halogens is 1. The van der Waals surface area contributed by atoms with Crippen molar-refractivity contribution in [2.24, 2.45) is 0 Å². The molecule has 0 aliphatic rings. The molecule has 0 saturated heterocycles. The molecule has 0 bridgehead atoms. The van der Waals surface area contributed by atoms with E-state index in [1.165, 1.54) is 24.3 Å². The van der Waals surface area contributed by atoms with Gasteiger partial charge in [-0.05, 0) is 36.8 Å². The van der Waals surface area contributed by atoms with E-state index in [0.717, 1.165) is 5.56 Å². The van der Waals surface area contributed by atoms with E-state index in [4.69, 9.17) is 11.6 Å². The molecule has 1 N–H and O–H groups in total. The quantitative estimate of drug-likeness (QED) is 0.690. The van der Waals surface area contributed by atoms with Crippen LogP contribution in [0.25, 0.3) is 0 Å². The number of rotatable bonds is 3. The van der Waals surface area contributed by atoms with Crippen molar-refractivity contribution < 1.29 is 9.72 Å². The van der Waals surface area contributed by atoms with E-state index in [1.807, 2.05) is 6.92 Å². The summed E-state index contributed by atoms with van der Waals surface area (Å²) in [6, 6.07) is 10.6. The number of aryl methyl sites for hydroxylation is 1. The summed E-state index contributed by atoms with van der Waals surface area (Å²) in [7, 11) is 0. The van der Waals surface area contributed by atoms with Gasteiger partial charge in [-0.2, -0.15) is 0 Å². The Morgan fingerprint density at radius 3 is 2.65 bits per heavy atom. The van der Waals surface area contributed by atoms with E-state index in [1.54, 1.807) is 18.2 Å². The second-order valence-corrected chi connectivity index (χ2v) is 4.66. The number of anilines is 1. The van der Waals surface area contributed by atoms with E-state index in [-0.39, 0.29) is 11.3 Å². The largest absolute Gasteiger partial charge is 0.322 e. The zero-order chi connectivity index (χ0) is 14.7. The van der Waals surface area contributed by atoms with Gasteiger partial charge in [-0.15, -0.1) is 0 Å². The molecule has 1 amide bonds. The molecule has 2 aromatic carbocycles. The Labute approximate surface area is 120 Å². The van der Waals surface area contributed by atoms with Crippen LogP contribution < -0.4 is 5.32 Å². The van der Waals surface area contributed by atoms with E-state index in [9.17, 15) is 14.9 Å². The van der Waals surface area contributed by atoms with Crippen LogP contribution in [0.3, 0.4) is 0 Å². The van der Waals surface area contributed by atoms with Gasteiger partial charge >= 0.3 is 0 Å². The molecule has 2 rings (SSSR count). The highest BCUT2D eigenvalue weighted by Gasteiger charge is 2.12. The fourth-order valence-corrected chi connectivity index (χ4v) is 1.95. The Hall–Kier alpha value is -2.40. The molecule has 0 aromatic heterocycles. The Kier molecular flexibility index (Phi) is 4.00. The molecule has 0 saturated carbocycles. The summed E-state index contributed by atoms with van der Waals surface area (Å²) in [6.07, 6.45) is 0. The second kappa shape index (κ2) is 5.71. The summed E-state index contributed by atoms with van der Waals surface area (Å²) < 4.78 is 0. The third kappa shape index (κ3) is 3.13. The summed E-state index contributed by atoms with van der Waals surface area (Å²) in [6.45, 7) is 1.81. The topological polar surface area (TPSA) is 72.2 Å². The van der Waals surface area contributed by atoms with Crippen molar-refractivity contribution in [1.29, 1.82) is 0 Å². The van der Waals surface area contributed by atoms with E-state index in [2.05, 4.69) is 5.32 Å². The highest BCUT2D eigenvalue weighted by molar-refractivity contribution is 6.30. The SMILES string of the molecule is Cc1cc(Cl)ccc1NC(=O)c1cccc([N+](=O)[O-])c1. The number of amides is 1. The number of nitrogens with zero attached hydrogens (tertiary/aromatic N) is 1. The fourth-order valence-electron chi connectivity index (χ4n) is 1.72. The van der Waals surface area contributed by atoms with Gasteiger partial charge in [0.25, 0.3) is 11.6 Å². The van der Waals surface area contributed by atoms with Crippen LogP contribution in [-0.2, 0) is 0 Å². The number of hydrogen-bond donors (Lipinski definition) is 1. The predicted molar refractivity (Wildman–Crippen MR) is 77.2 cm³/mol. The van der Waals surface area contributed by atoms with Crippen LogP contribution in [0.1, 0.15) is 15.9 Å². The van der Waals surface area contributed by atoms with Crippen molar-refractivity contribution in [3.8, 4) is 0 Å². The molecule has 5 nitrogen and oxygen atoms in total. The lowest BCUT2D eigenvalue weighted by Crippen LogP contribution is -2.12. The number of nitro groups is 1. The number of non-ortho nitro benzene ring substituents is 1. The molecule has 2 aromatic rings. The molecule has 0 unspecified atom stereocenters. The molecule has 0 heterocycles. The number of nitro benzene ring substituents is 1. The lowest BCUT2D eigenvalue weighted by Gasteiger charge is -2.08. The molecule has 0 radical (unpaired) electrons. The monoisotopic (exact) mass is 290 g/mol. The molecule has 0 aliphatic heterocycles. The minimum Gasteiger partial charge on any atom is -0.322 e. The van der Waals surface area contributed by atoms with Crippen LogP contribution in [0.4, 0.5) is 11.4 Å². The van der Waals surface area contributed by atoms with Gasteiger partial charge in [0.2, 0.25) is 0 Å². The molecule has 0 fully saturated rings. The predicted octanol–water partition coefficient (Wildman–Crippen LogP) is 3.81. The maximum Gasteiger partial charge on any atom is 0.270 e. The first-order valence-corrected chi connectivity index (χ1v) is 6.17. The molecular formula is C14H11ClN2O3. The van der Waals surface area contributed by atoms with Crippen LogP contribution in [0.5, 0.6) is 0 Å². The third-order valence-electron chi connectivity index (χ3n) is 2.76. The standard InChI is InChI=1S/C14H11ClN2O3/c1-9-7-11(15)5-6-13(9)16-14(18)10-3-2-4-12(8-10)17(19)20/h2-8H,1H3,(H,16,18). The number of carbonyl (C=O) groups is 1. The minimum absolute atomic E-state index is 0.120. The van der Waals surface area contributed by atoms with Crippen LogP contribution in [-0.4, -0.2) is 10.8 Å². The van der Waals surface area contributed by atoms with Crippen molar-refractivity contribution >= 4 is 28.9 Å². The lowest BCUT2D eigenvalue weighted by atomic mass is 10.1. The van der Waals surface area contributed by atoms with Gasteiger partial charge < -0.3 is 5.32 Å². The van der Waals surface area contributed by atoms with Crippen molar-refractivity contribution in [2.45, 2.75) is 6.92 Å². The second-order valence-electron chi connectivity index (χ2n) is 4.22. The maximum absolute atomic E-state index is 12.1. The first-order valence-electron chi connectivity index (χ1n) is 5.79. The van der Waals surface area contributed by atoms with Gasteiger partial charge in [-0.25, -0.2) is 0 Å². The average molecular weight is 291 g/mol. The lowest BCUT2D eigenvalue weighted by molar-refractivity contribution is -0.384. The Morgan fingerprint density at radius 2 is 2.00 bits per heavy atom. The van der Waals surface area contributed by atoms with Crippen LogP contribution >= 0.6 is 11.6 Å². The molecule has 20 heavy (non-hydrogen) atoms. The third-order valence-corrected chi connectivity index (χ3v) is 2.99. The summed E-state index contributed by atoms with van der Waals surface area (Å²) in [5.74, 6) is -0.404. The van der Waals surface area contributed by atoms with Crippen molar-refractivity contribution in [3.63, 3.8) is 0 Å². The summed E-state index contributed by atoms with van der Waals surface area (Å²) in [5, 5.41) is 14.0. The highest BCUT2D eigenvalue weighted by Crippen LogP contribution is 2.21. The van der Waals surface area contributed by atoms with Gasteiger partial charge in [0.05, 0.1) is 4.92 Å². The molecule has 0 atom stereocenters. The van der Waals surface area contributed by atoms with Crippen molar-refractivity contribution in [3.05, 3.63) is 68.7 Å². The summed E-state index contributed by atoms with van der Waals surface area (Å²) in [4.78, 5) is 22.2. The zero-order valence-corrected chi connectivity index (χ0v) is 11.3. The molecule has 6 heteroatoms. The Balaban J connectivity index is 2.24. The van der Waals surface area contributed by atoms with Crippen LogP contribution in [0, 0.1) is 17.0 Å².